The van der Waals surface area contributed by atoms with Crippen molar-refractivity contribution in [2.45, 2.75) is 101 Å². The van der Waals surface area contributed by atoms with E-state index in [9.17, 15) is 0 Å². The van der Waals surface area contributed by atoms with Crippen LogP contribution < -0.4 is 0 Å². The quantitative estimate of drug-likeness (QED) is 0.113. The molecule has 4 radical (unpaired) electrons. The van der Waals surface area contributed by atoms with Crippen molar-refractivity contribution in [1.29, 1.82) is 0 Å². The van der Waals surface area contributed by atoms with E-state index in [-0.39, 0.29) is 80.4 Å². The average Bonchev–Trinajstić information content (AvgIpc) is 1.63. The first kappa shape index (κ1) is 106. The number of para-hydroxylation sites is 3. The molecule has 0 bridgehead atoms. The minimum atomic E-state index is 0. The van der Waals surface area contributed by atoms with Gasteiger partial charge in [0.2, 0.25) is 0 Å². The number of fused-ring (bicyclic) bond motifs is 12. The Hall–Kier alpha value is -14.4. The van der Waals surface area contributed by atoms with Crippen LogP contribution in [-0.2, 0) is 80.4 Å². The summed E-state index contributed by atoms with van der Waals surface area (Å²) in [6.45, 7) is 25.5. The third-order valence-corrected chi connectivity index (χ3v) is 23.6. The molecule has 143 heavy (non-hydrogen) atoms. The van der Waals surface area contributed by atoms with Crippen LogP contribution in [0.15, 0.2) is 401 Å². The summed E-state index contributed by atoms with van der Waals surface area (Å²) in [5.41, 5.74) is 34.0. The molecule has 718 valence electrons. The molecule has 0 N–H and O–H groups in total. The Morgan fingerprint density at radius 2 is 0.545 bits per heavy atom. The molecule has 0 atom stereocenters. The third-order valence-electron chi connectivity index (χ3n) is 23.6. The van der Waals surface area contributed by atoms with E-state index in [1.165, 1.54) is 33.4 Å². The Morgan fingerprint density at radius 3 is 0.937 bits per heavy atom. The predicted octanol–water partition coefficient (Wildman–Crippen LogP) is 33.2. The van der Waals surface area contributed by atoms with Gasteiger partial charge in [-0.1, -0.05) is 225 Å². The monoisotopic (exact) mass is 2570 g/mol. The zero-order valence-corrected chi connectivity index (χ0v) is 90.7. The number of aryl methyl sites for hydroxylation is 6. The Labute approximate surface area is 890 Å². The second-order valence-corrected chi connectivity index (χ2v) is 34.8. The molecule has 0 saturated heterocycles. The van der Waals surface area contributed by atoms with Crippen LogP contribution in [0.2, 0.25) is 0 Å². The van der Waals surface area contributed by atoms with Gasteiger partial charge in [0.25, 0.3) is 0 Å². The molecule has 16 heteroatoms. The average molecular weight is 2570 g/mol. The number of furan rings is 4. The molecule has 12 aromatic carbocycles. The van der Waals surface area contributed by atoms with Gasteiger partial charge in [-0.15, -0.1) is 239 Å². The fourth-order valence-corrected chi connectivity index (χ4v) is 16.1. The van der Waals surface area contributed by atoms with Gasteiger partial charge in [-0.2, -0.15) is 0 Å². The van der Waals surface area contributed by atoms with E-state index in [0.29, 0.717) is 17.8 Å². The molecule has 24 aromatic rings. The smallest absolute Gasteiger partial charge is 0.124 e. The topological polar surface area (TPSA) is 156 Å². The summed E-state index contributed by atoms with van der Waals surface area (Å²) in [6, 6.07) is 139. The second kappa shape index (κ2) is 50.8. The van der Waals surface area contributed by atoms with Gasteiger partial charge in [0, 0.05) is 151 Å². The van der Waals surface area contributed by atoms with Crippen molar-refractivity contribution in [2.24, 2.45) is 0 Å². The summed E-state index contributed by atoms with van der Waals surface area (Å²) in [5.74, 6) is 1.40. The fraction of sp³-hybridized carbons (Fsp3) is 0.118. The molecule has 0 aliphatic carbocycles. The Morgan fingerprint density at radius 1 is 0.217 bits per heavy atom. The van der Waals surface area contributed by atoms with Crippen molar-refractivity contribution >= 4 is 87.8 Å². The van der Waals surface area contributed by atoms with Crippen LogP contribution in [0.3, 0.4) is 0 Å². The van der Waals surface area contributed by atoms with Crippen molar-refractivity contribution in [2.75, 3.05) is 0 Å². The van der Waals surface area contributed by atoms with Gasteiger partial charge in [0.1, 0.15) is 22.3 Å². The van der Waals surface area contributed by atoms with Crippen molar-refractivity contribution in [3.63, 3.8) is 0 Å². The molecule has 12 heterocycles. The molecular formula is C127H102Ir4N8O4-8. The molecule has 0 fully saturated rings. The van der Waals surface area contributed by atoms with Crippen molar-refractivity contribution in [1.82, 2.24) is 39.9 Å². The molecule has 0 aliphatic heterocycles. The molecule has 24 rings (SSSR count). The molecule has 12 nitrogen and oxygen atoms in total. The molecule has 0 spiro atoms. The Balaban J connectivity index is 0.000000139. The number of hydrogen-bond acceptors (Lipinski definition) is 12. The molecular weight excluding hydrogens is 2470 g/mol. The maximum Gasteiger partial charge on any atom is 0.124 e. The third kappa shape index (κ3) is 26.7. The van der Waals surface area contributed by atoms with E-state index in [0.717, 1.165) is 195 Å². The van der Waals surface area contributed by atoms with Crippen molar-refractivity contribution < 1.29 is 98.1 Å². The normalized spacial score (nSPS) is 10.6. The minimum absolute atomic E-state index is 0. The van der Waals surface area contributed by atoms with Gasteiger partial charge in [-0.05, 0) is 182 Å². The van der Waals surface area contributed by atoms with E-state index < -0.39 is 0 Å². The SMILES string of the molecule is CC(C)c1cccc2c1oc1c[c-]c(-c3ccccn3)cc12.CC(C)c1ccnc(-c2[c-]cc3oc4cc(C(C)C)ccc4c3c2)c1.Cc1cccc(-c2[c-]cccc2)n1.Cc1ccnc(-c2[c-]cc3oc4c(C)cccc4c3c2)c1.Cc1ccnc(-c2[c-]cc3oc4c(C)cccc4c3c2)c1.Cc1ccnc(-c2[c-]cccc2)c1.[Ir].[Ir].[Ir].[Ir].[c-]1ccccc1-c1ccccn1.[c-]1ccccc1-c1ccccn1. The van der Waals surface area contributed by atoms with Crippen molar-refractivity contribution in [3.8, 4) is 90.1 Å². The maximum atomic E-state index is 6.08. The Kier molecular flexibility index (Phi) is 37.7. The summed E-state index contributed by atoms with van der Waals surface area (Å²) in [5, 5.41) is 9.08. The molecule has 0 aliphatic rings. The van der Waals surface area contributed by atoms with Gasteiger partial charge < -0.3 is 57.5 Å². The van der Waals surface area contributed by atoms with E-state index in [2.05, 4.69) is 292 Å². The first-order valence-electron chi connectivity index (χ1n) is 46.6. The fourth-order valence-electron chi connectivity index (χ4n) is 16.1. The van der Waals surface area contributed by atoms with Crippen LogP contribution >= 0.6 is 0 Å². The minimum Gasteiger partial charge on any atom is -0.500 e. The van der Waals surface area contributed by atoms with Gasteiger partial charge >= 0.3 is 0 Å². The van der Waals surface area contributed by atoms with Crippen LogP contribution in [-0.4, -0.2) is 39.9 Å². The molecule has 12 aromatic heterocycles. The number of pyridine rings is 8. The number of aromatic nitrogens is 8. The summed E-state index contributed by atoms with van der Waals surface area (Å²) < 4.78 is 24.0. The van der Waals surface area contributed by atoms with Gasteiger partial charge in [-0.3, -0.25) is 0 Å². The summed E-state index contributed by atoms with van der Waals surface area (Å²) in [7, 11) is 0. The summed E-state index contributed by atoms with van der Waals surface area (Å²) in [4.78, 5) is 34.9. The second-order valence-electron chi connectivity index (χ2n) is 34.8. The van der Waals surface area contributed by atoms with Gasteiger partial charge in [0.05, 0.1) is 22.3 Å². The summed E-state index contributed by atoms with van der Waals surface area (Å²) >= 11 is 0. The zero-order valence-electron chi connectivity index (χ0n) is 81.1. The van der Waals surface area contributed by atoms with Crippen molar-refractivity contribution in [3.05, 3.63) is 482 Å². The van der Waals surface area contributed by atoms with Gasteiger partial charge in [0.15, 0.2) is 0 Å². The number of hydrogen-bond donors (Lipinski definition) is 0. The van der Waals surface area contributed by atoms with E-state index in [1.54, 1.807) is 18.6 Å². The van der Waals surface area contributed by atoms with Crippen LogP contribution in [0.5, 0.6) is 0 Å². The van der Waals surface area contributed by atoms with Crippen LogP contribution in [0, 0.1) is 90.1 Å². The predicted molar refractivity (Wildman–Crippen MR) is 568 cm³/mol. The number of benzene rings is 12. The van der Waals surface area contributed by atoms with Crippen LogP contribution in [0.4, 0.5) is 0 Å². The number of nitrogens with zero attached hydrogens (tertiary/aromatic N) is 8. The maximum absolute atomic E-state index is 6.08. The standard InChI is InChI=1S/C23H22NO.C20H16NO.2C19H14NO.2C12H10N.2C11H8N.4Ir/c1-14(2)16-5-7-19-20-11-18(6-8-22(20)25-23(19)13-16)21-12-17(15(3)4)9-10-24-21;1-13(2)15-6-5-7-16-17-12-14(18-8-3-4-11-21-18)9-10-19(17)22-20(15)16;2*1-12-8-9-20-17(10-12)14-6-7-18-16(11-14)15-5-3-4-13(2)19(15)21-18;1-10-6-5-9-12(13-10)11-7-3-2-4-8-11;1-10-7-8-13-12(9-10)11-5-3-2-4-6-11;2*1-2-6-10(7-3-1)11-8-4-5-9-12-11;;;;/h5,7-15H,1-4H3;3-8,10-13H,1-2H3;2*3-5,7-11H,1-2H3;2-7,9H,1H3;2-5,7-9H,1H3;2*1-6,8-9H;;;;/q8*-1;;;;. The molecule has 0 unspecified atom stereocenters. The number of rotatable bonds is 11. The van der Waals surface area contributed by atoms with E-state index >= 15 is 0 Å². The molecule has 0 amide bonds. The summed E-state index contributed by atoms with van der Waals surface area (Å²) in [6.07, 6.45) is 12.8. The van der Waals surface area contributed by atoms with Gasteiger partial charge in [-0.25, -0.2) is 0 Å². The van der Waals surface area contributed by atoms with Crippen LogP contribution in [0.1, 0.15) is 109 Å². The Bertz CT molecular complexity index is 7860. The molecule has 0 saturated carbocycles. The largest absolute Gasteiger partial charge is 0.500 e. The zero-order chi connectivity index (χ0) is 96.1. The van der Waals surface area contributed by atoms with Crippen LogP contribution in [0.25, 0.3) is 178 Å². The van der Waals surface area contributed by atoms with E-state index in [4.69, 9.17) is 17.7 Å². The first-order chi connectivity index (χ1) is 67.9. The first-order valence-corrected chi connectivity index (χ1v) is 46.6. The van der Waals surface area contributed by atoms with E-state index in [1.807, 2.05) is 244 Å².